The fourth-order valence-corrected chi connectivity index (χ4v) is 3.11. The number of hydrogen-bond donors (Lipinski definition) is 0. The molecular weight excluding hydrogens is 492 g/mol. The molecule has 0 radical (unpaired) electrons. The van der Waals surface area contributed by atoms with Gasteiger partial charge in [-0.2, -0.15) is 4.71 Å². The maximum Gasteiger partial charge on any atom is 0.0796 e. The Balaban J connectivity index is 0.000000291. The van der Waals surface area contributed by atoms with Crippen molar-refractivity contribution in [3.8, 4) is 0 Å². The van der Waals surface area contributed by atoms with Crippen LogP contribution in [0.5, 0.6) is 0 Å². The summed E-state index contributed by atoms with van der Waals surface area (Å²) in [7, 11) is 1.15. The van der Waals surface area contributed by atoms with Crippen LogP contribution in [-0.2, 0) is 27.0 Å². The minimum absolute atomic E-state index is 0.212. The third-order valence-electron chi connectivity index (χ3n) is 2.93. The van der Waals surface area contributed by atoms with Crippen molar-refractivity contribution in [1.82, 2.24) is 9.97 Å². The molecule has 2 rings (SSSR count). The van der Waals surface area contributed by atoms with Crippen LogP contribution >= 0.6 is 32.8 Å². The zero-order valence-electron chi connectivity index (χ0n) is 16.3. The summed E-state index contributed by atoms with van der Waals surface area (Å²) in [6.45, 7) is 3.87. The SMILES string of the molecule is CSC([N-]/N=C\c1cccc(C)n1)=[S]=[Cu].CS[C@H]([S-])[N-]/N=C/c1cccc(C)n1. The molecule has 2 aromatic rings. The van der Waals surface area contributed by atoms with E-state index >= 15 is 0 Å². The van der Waals surface area contributed by atoms with Gasteiger partial charge in [-0.1, -0.05) is 6.07 Å². The van der Waals surface area contributed by atoms with Crippen molar-refractivity contribution in [3.63, 3.8) is 0 Å². The van der Waals surface area contributed by atoms with Crippen molar-refractivity contribution in [2.75, 3.05) is 12.5 Å². The Morgan fingerprint density at radius 3 is 2.03 bits per heavy atom. The number of pyridine rings is 2. The van der Waals surface area contributed by atoms with E-state index in [0.29, 0.717) is 0 Å². The monoisotopic (exact) mass is 512 g/mol. The van der Waals surface area contributed by atoms with Crippen molar-refractivity contribution in [2.24, 2.45) is 10.2 Å². The molecular formula is C18H21CuN6S4-3. The van der Waals surface area contributed by atoms with Gasteiger partial charge < -0.3 is 23.2 Å². The zero-order chi connectivity index (χ0) is 21.5. The fourth-order valence-electron chi connectivity index (χ4n) is 1.68. The summed E-state index contributed by atoms with van der Waals surface area (Å²) in [5.41, 5.74) is 11.4. The van der Waals surface area contributed by atoms with Gasteiger partial charge >= 0.3 is 104 Å². The van der Waals surface area contributed by atoms with Gasteiger partial charge in [0.1, 0.15) is 0 Å². The van der Waals surface area contributed by atoms with Crippen LogP contribution in [0.2, 0.25) is 0 Å². The van der Waals surface area contributed by atoms with E-state index in [1.54, 1.807) is 12.4 Å². The molecule has 6 nitrogen and oxygen atoms in total. The molecule has 1 atom stereocenters. The van der Waals surface area contributed by atoms with Gasteiger partial charge in [0.25, 0.3) is 0 Å². The van der Waals surface area contributed by atoms with Gasteiger partial charge in [-0.25, -0.2) is 11.8 Å². The number of aryl methyl sites for hydroxylation is 2. The molecule has 29 heavy (non-hydrogen) atoms. The molecule has 11 heteroatoms. The van der Waals surface area contributed by atoms with Crippen molar-refractivity contribution in [2.45, 2.75) is 18.6 Å². The first-order chi connectivity index (χ1) is 14.0. The average Bonchev–Trinajstić information content (AvgIpc) is 2.72. The van der Waals surface area contributed by atoms with E-state index in [2.05, 4.69) is 31.0 Å². The van der Waals surface area contributed by atoms with Gasteiger partial charge in [0.15, 0.2) is 0 Å². The number of thioether (sulfide) groups is 2. The molecule has 0 aliphatic carbocycles. The van der Waals surface area contributed by atoms with Crippen molar-refractivity contribution in [1.29, 1.82) is 0 Å². The molecule has 0 saturated carbocycles. The molecule has 0 amide bonds. The van der Waals surface area contributed by atoms with Crippen LogP contribution < -0.4 is 0 Å². The van der Waals surface area contributed by atoms with Crippen LogP contribution in [0.15, 0.2) is 46.6 Å². The largest absolute Gasteiger partial charge is 0.797 e. The summed E-state index contributed by atoms with van der Waals surface area (Å²) in [6.07, 6.45) is 7.05. The molecule has 0 aliphatic heterocycles. The van der Waals surface area contributed by atoms with E-state index < -0.39 is 0 Å². The minimum Gasteiger partial charge on any atom is -0.797 e. The van der Waals surface area contributed by atoms with Crippen LogP contribution in [0.3, 0.4) is 0 Å². The molecule has 2 aromatic heterocycles. The fraction of sp³-hybridized carbons (Fsp3) is 0.278. The maximum atomic E-state index is 4.94. The van der Waals surface area contributed by atoms with E-state index in [1.807, 2.05) is 62.8 Å². The summed E-state index contributed by atoms with van der Waals surface area (Å²) in [6, 6.07) is 11.5. The molecule has 0 aliphatic rings. The summed E-state index contributed by atoms with van der Waals surface area (Å²) in [4.78, 5) is 8.51. The molecule has 0 aromatic carbocycles. The number of hydrogen-bond acceptors (Lipinski definition) is 7. The first kappa shape index (κ1) is 25.9. The predicted molar refractivity (Wildman–Crippen MR) is 131 cm³/mol. The maximum absolute atomic E-state index is 4.94. The average molecular weight is 513 g/mol. The van der Waals surface area contributed by atoms with Gasteiger partial charge in [-0.05, 0) is 25.3 Å². The topological polar surface area (TPSA) is 78.7 Å². The third kappa shape index (κ3) is 12.2. The van der Waals surface area contributed by atoms with Crippen LogP contribution in [0.25, 0.3) is 10.9 Å². The van der Waals surface area contributed by atoms with Gasteiger partial charge in [-0.3, -0.25) is 4.98 Å². The Labute approximate surface area is 196 Å². The molecule has 0 fully saturated rings. The Bertz CT molecular complexity index is 871. The van der Waals surface area contributed by atoms with Gasteiger partial charge in [0.2, 0.25) is 0 Å². The molecule has 0 unspecified atom stereocenters. The quantitative estimate of drug-likeness (QED) is 0.178. The Morgan fingerprint density at radius 2 is 1.59 bits per heavy atom. The third-order valence-corrected chi connectivity index (χ3v) is 6.33. The second-order valence-corrected chi connectivity index (χ2v) is 8.99. The zero-order valence-corrected chi connectivity index (χ0v) is 20.5. The molecule has 161 valence electrons. The second-order valence-electron chi connectivity index (χ2n) is 5.19. The summed E-state index contributed by atoms with van der Waals surface area (Å²) >= 11 is 12.8. The van der Waals surface area contributed by atoms with Crippen LogP contribution in [0.1, 0.15) is 22.8 Å². The molecule has 2 heterocycles. The smallest absolute Gasteiger partial charge is 0.0796 e. The number of rotatable bonds is 6. The summed E-state index contributed by atoms with van der Waals surface area (Å²) in [5.74, 6) is 0. The Morgan fingerprint density at radius 1 is 1.03 bits per heavy atom. The standard InChI is InChI=1S/C9H12N3S2.C9H11N3S2.Cu/c2*1-7-4-3-5-8(11-7)6-10-12-9(13)14-2;/h3-6,9H,1-2H3,(H-,11,12,13);3-6H,1-2H3,(H,11,12,13);/q-1;;/p-2/t9-;;/m0../s1. The summed E-state index contributed by atoms with van der Waals surface area (Å²) in [5, 5.41) is 7.78. The number of aromatic nitrogens is 2. The van der Waals surface area contributed by atoms with Crippen molar-refractivity contribution < 1.29 is 14.4 Å². The Hall–Kier alpha value is -1.10. The first-order valence-electron chi connectivity index (χ1n) is 8.18. The molecule has 0 saturated heterocycles. The first-order valence-corrected chi connectivity index (χ1v) is 13.0. The minimum atomic E-state index is -0.212. The van der Waals surface area contributed by atoms with E-state index in [9.17, 15) is 0 Å². The van der Waals surface area contributed by atoms with Crippen LogP contribution in [-0.4, -0.2) is 43.9 Å². The van der Waals surface area contributed by atoms with Gasteiger partial charge in [0, 0.05) is 11.9 Å². The van der Waals surface area contributed by atoms with E-state index in [1.165, 1.54) is 23.5 Å². The van der Waals surface area contributed by atoms with Gasteiger partial charge in [-0.15, -0.1) is 0 Å². The van der Waals surface area contributed by atoms with Crippen LogP contribution in [0, 0.1) is 13.8 Å². The molecule has 0 spiro atoms. The van der Waals surface area contributed by atoms with Crippen molar-refractivity contribution in [3.05, 3.63) is 70.0 Å². The van der Waals surface area contributed by atoms with E-state index in [0.717, 1.165) is 36.4 Å². The summed E-state index contributed by atoms with van der Waals surface area (Å²) < 4.78 is 0.537. The normalized spacial score (nSPS) is 11.7. The predicted octanol–water partition coefficient (Wildman–Crippen LogP) is 5.03. The van der Waals surface area contributed by atoms with Gasteiger partial charge in [0.05, 0.1) is 5.69 Å². The van der Waals surface area contributed by atoms with Crippen molar-refractivity contribution >= 4 is 62.2 Å². The molecule has 0 bridgehead atoms. The van der Waals surface area contributed by atoms with E-state index in [-0.39, 0.29) is 4.71 Å². The Kier molecular flexibility index (Phi) is 14.0. The van der Waals surface area contributed by atoms with E-state index in [4.69, 9.17) is 27.0 Å². The molecule has 0 N–H and O–H groups in total. The second kappa shape index (κ2) is 15.7. The number of nitrogens with zero attached hydrogens (tertiary/aromatic N) is 6. The van der Waals surface area contributed by atoms with Crippen LogP contribution in [0.4, 0.5) is 0 Å².